The third-order valence-corrected chi connectivity index (χ3v) is 4.94. The lowest BCUT2D eigenvalue weighted by Gasteiger charge is -2.20. The van der Waals surface area contributed by atoms with Gasteiger partial charge in [0, 0.05) is 58.1 Å². The normalized spacial score (nSPS) is 16.2. The lowest BCUT2D eigenvalue weighted by Crippen LogP contribution is -2.44. The van der Waals surface area contributed by atoms with Crippen LogP contribution in [0.3, 0.4) is 0 Å². The predicted molar refractivity (Wildman–Crippen MR) is 130 cm³/mol. The first-order valence-corrected chi connectivity index (χ1v) is 9.64. The Morgan fingerprint density at radius 2 is 1.83 bits per heavy atom. The second kappa shape index (κ2) is 11.0. The second-order valence-corrected chi connectivity index (χ2v) is 7.23. The molecule has 0 aliphatic carbocycles. The highest BCUT2D eigenvalue weighted by molar-refractivity contribution is 14.0. The maximum atomic E-state index is 12.0. The minimum atomic E-state index is 0. The molecule has 1 aliphatic heterocycles. The molecular weight excluding hydrogens is 477 g/mol. The Morgan fingerprint density at radius 3 is 2.45 bits per heavy atom. The van der Waals surface area contributed by atoms with E-state index in [1.165, 1.54) is 5.69 Å². The van der Waals surface area contributed by atoms with Gasteiger partial charge in [0.15, 0.2) is 5.96 Å². The molecule has 7 heteroatoms. The minimum Gasteiger partial charge on any atom is -0.369 e. The molecule has 1 heterocycles. The number of carbonyl (C=O) groups is 1. The van der Waals surface area contributed by atoms with Crippen LogP contribution >= 0.6 is 24.0 Å². The first-order valence-electron chi connectivity index (χ1n) is 9.64. The van der Waals surface area contributed by atoms with Gasteiger partial charge in [0.25, 0.3) is 5.91 Å². The lowest BCUT2D eigenvalue weighted by atomic mass is 10.1. The van der Waals surface area contributed by atoms with Crippen molar-refractivity contribution in [2.24, 2.45) is 4.99 Å². The molecule has 0 radical (unpaired) electrons. The van der Waals surface area contributed by atoms with Crippen molar-refractivity contribution in [1.82, 2.24) is 15.5 Å². The minimum absolute atomic E-state index is 0. The van der Waals surface area contributed by atoms with Gasteiger partial charge in [-0.05, 0) is 36.2 Å². The van der Waals surface area contributed by atoms with E-state index in [2.05, 4.69) is 44.8 Å². The number of para-hydroxylation sites is 1. The Balaban J connectivity index is 0.00000300. The van der Waals surface area contributed by atoms with E-state index in [0.29, 0.717) is 18.2 Å². The van der Waals surface area contributed by atoms with Crippen LogP contribution in [0.5, 0.6) is 0 Å². The molecule has 0 aromatic heterocycles. The molecule has 29 heavy (non-hydrogen) atoms. The van der Waals surface area contributed by atoms with Crippen LogP contribution in [-0.4, -0.2) is 57.0 Å². The average molecular weight is 507 g/mol. The van der Waals surface area contributed by atoms with E-state index in [1.54, 1.807) is 26.0 Å². The molecule has 1 unspecified atom stereocenters. The first kappa shape index (κ1) is 23.0. The summed E-state index contributed by atoms with van der Waals surface area (Å²) < 4.78 is 0. The maximum Gasteiger partial charge on any atom is 0.253 e. The third kappa shape index (κ3) is 6.35. The summed E-state index contributed by atoms with van der Waals surface area (Å²) >= 11 is 0. The van der Waals surface area contributed by atoms with Gasteiger partial charge >= 0.3 is 0 Å². The number of nitrogens with zero attached hydrogens (tertiary/aromatic N) is 3. The summed E-state index contributed by atoms with van der Waals surface area (Å²) in [6.07, 6.45) is 1.08. The van der Waals surface area contributed by atoms with Gasteiger partial charge in [0.05, 0.1) is 0 Å². The summed E-state index contributed by atoms with van der Waals surface area (Å²) in [5.41, 5.74) is 3.07. The number of benzene rings is 2. The molecular formula is C22H30IN5O. The van der Waals surface area contributed by atoms with E-state index >= 15 is 0 Å². The van der Waals surface area contributed by atoms with Crippen molar-refractivity contribution in [1.29, 1.82) is 0 Å². The zero-order chi connectivity index (χ0) is 19.9. The largest absolute Gasteiger partial charge is 0.369 e. The van der Waals surface area contributed by atoms with E-state index in [1.807, 2.05) is 30.3 Å². The van der Waals surface area contributed by atoms with Crippen molar-refractivity contribution in [2.75, 3.05) is 39.1 Å². The number of carbonyl (C=O) groups excluding carboxylic acids is 1. The van der Waals surface area contributed by atoms with Crippen molar-refractivity contribution in [3.63, 3.8) is 0 Å². The number of rotatable bonds is 5. The molecule has 3 rings (SSSR count). The fourth-order valence-corrected chi connectivity index (χ4v) is 3.35. The summed E-state index contributed by atoms with van der Waals surface area (Å²) in [4.78, 5) is 20.3. The summed E-state index contributed by atoms with van der Waals surface area (Å²) in [5.74, 6) is 0.814. The number of aliphatic imine (C=N–C) groups is 1. The molecule has 1 atom stereocenters. The molecule has 0 spiro atoms. The predicted octanol–water partition coefficient (Wildman–Crippen LogP) is 2.95. The van der Waals surface area contributed by atoms with Crippen molar-refractivity contribution >= 4 is 41.5 Å². The lowest BCUT2D eigenvalue weighted by molar-refractivity contribution is 0.0827. The van der Waals surface area contributed by atoms with Crippen molar-refractivity contribution in [2.45, 2.75) is 19.0 Å². The van der Waals surface area contributed by atoms with Crippen LogP contribution in [0.25, 0.3) is 0 Å². The Bertz CT molecular complexity index is 808. The Morgan fingerprint density at radius 1 is 1.14 bits per heavy atom. The number of hydrogen-bond acceptors (Lipinski definition) is 3. The molecule has 2 N–H and O–H groups in total. The molecule has 6 nitrogen and oxygen atoms in total. The van der Waals surface area contributed by atoms with Gasteiger partial charge < -0.3 is 20.4 Å². The van der Waals surface area contributed by atoms with E-state index < -0.39 is 0 Å². The number of nitrogens with one attached hydrogen (secondary N) is 2. The fourth-order valence-electron chi connectivity index (χ4n) is 3.35. The molecule has 1 fully saturated rings. The van der Waals surface area contributed by atoms with Crippen LogP contribution in [0.4, 0.5) is 5.69 Å². The molecule has 2 aromatic carbocycles. The highest BCUT2D eigenvalue weighted by atomic mass is 127. The van der Waals surface area contributed by atoms with Crippen LogP contribution in [0.2, 0.25) is 0 Å². The highest BCUT2D eigenvalue weighted by Gasteiger charge is 2.23. The topological polar surface area (TPSA) is 60.0 Å². The molecule has 0 saturated carbocycles. The number of hydrogen-bond donors (Lipinski definition) is 2. The van der Waals surface area contributed by atoms with E-state index in [0.717, 1.165) is 31.0 Å². The molecule has 156 valence electrons. The summed E-state index contributed by atoms with van der Waals surface area (Å²) in [7, 11) is 5.31. The number of halogens is 1. The Hall–Kier alpha value is -2.29. The van der Waals surface area contributed by atoms with E-state index in [-0.39, 0.29) is 29.9 Å². The van der Waals surface area contributed by atoms with Gasteiger partial charge in [-0.15, -0.1) is 24.0 Å². The van der Waals surface area contributed by atoms with E-state index in [9.17, 15) is 4.79 Å². The summed E-state index contributed by atoms with van der Waals surface area (Å²) in [6, 6.07) is 18.6. The standard InChI is InChI=1S/C22H29N5O.HI/c1-23-22(24-15-17-9-11-18(12-10-17)21(28)26(2)3)25-19-13-14-27(16-19)20-7-5-4-6-8-20;/h4-12,19H,13-16H2,1-3H3,(H2,23,24,25);1H. The first-order chi connectivity index (χ1) is 13.6. The number of guanidine groups is 1. The van der Waals surface area contributed by atoms with Crippen LogP contribution in [-0.2, 0) is 6.54 Å². The summed E-state index contributed by atoms with van der Waals surface area (Å²) in [6.45, 7) is 2.66. The molecule has 1 aliphatic rings. The van der Waals surface area contributed by atoms with Gasteiger partial charge in [0.2, 0.25) is 0 Å². The fraction of sp³-hybridized carbons (Fsp3) is 0.364. The monoisotopic (exact) mass is 507 g/mol. The van der Waals surface area contributed by atoms with Crippen molar-refractivity contribution in [3.8, 4) is 0 Å². The average Bonchev–Trinajstić information content (AvgIpc) is 3.20. The van der Waals surface area contributed by atoms with Gasteiger partial charge in [-0.1, -0.05) is 30.3 Å². The Labute approximate surface area is 190 Å². The SMILES string of the molecule is CN=C(NCc1ccc(C(=O)N(C)C)cc1)NC1CCN(c2ccccc2)C1.I. The van der Waals surface area contributed by atoms with Gasteiger partial charge in [-0.3, -0.25) is 9.79 Å². The smallest absolute Gasteiger partial charge is 0.253 e. The quantitative estimate of drug-likeness (QED) is 0.371. The Kier molecular flexibility index (Phi) is 8.75. The van der Waals surface area contributed by atoms with Crippen LogP contribution in [0, 0.1) is 0 Å². The van der Waals surface area contributed by atoms with Gasteiger partial charge in [0.1, 0.15) is 0 Å². The highest BCUT2D eigenvalue weighted by Crippen LogP contribution is 2.19. The molecule has 1 amide bonds. The van der Waals surface area contributed by atoms with Gasteiger partial charge in [-0.2, -0.15) is 0 Å². The van der Waals surface area contributed by atoms with Crippen LogP contribution in [0.15, 0.2) is 59.6 Å². The third-order valence-electron chi connectivity index (χ3n) is 4.94. The maximum absolute atomic E-state index is 12.0. The van der Waals surface area contributed by atoms with E-state index in [4.69, 9.17) is 0 Å². The second-order valence-electron chi connectivity index (χ2n) is 7.23. The molecule has 2 aromatic rings. The van der Waals surface area contributed by atoms with Crippen LogP contribution < -0.4 is 15.5 Å². The van der Waals surface area contributed by atoms with Crippen LogP contribution in [0.1, 0.15) is 22.3 Å². The zero-order valence-corrected chi connectivity index (χ0v) is 19.6. The number of anilines is 1. The molecule has 0 bridgehead atoms. The van der Waals surface area contributed by atoms with Crippen molar-refractivity contribution in [3.05, 3.63) is 65.7 Å². The molecule has 1 saturated heterocycles. The number of amides is 1. The summed E-state index contributed by atoms with van der Waals surface area (Å²) in [5, 5.41) is 6.88. The van der Waals surface area contributed by atoms with Gasteiger partial charge in [-0.25, -0.2) is 0 Å². The van der Waals surface area contributed by atoms with Crippen molar-refractivity contribution < 1.29 is 4.79 Å². The zero-order valence-electron chi connectivity index (χ0n) is 17.3.